The smallest absolute Gasteiger partial charge is 0.277 e. The fraction of sp³-hybridized carbons (Fsp3) is 0.438. The third-order valence-electron chi connectivity index (χ3n) is 4.03. The summed E-state index contributed by atoms with van der Waals surface area (Å²) in [5, 5.41) is 4.15. The van der Waals surface area contributed by atoms with Crippen LogP contribution in [0.15, 0.2) is 23.3 Å². The van der Waals surface area contributed by atoms with E-state index in [0.29, 0.717) is 13.1 Å². The maximum atomic E-state index is 12.6. The number of hydrazone groups is 1. The van der Waals surface area contributed by atoms with Crippen LogP contribution in [0.25, 0.3) is 0 Å². The van der Waals surface area contributed by atoms with E-state index in [9.17, 15) is 4.79 Å². The van der Waals surface area contributed by atoms with E-state index in [-0.39, 0.29) is 16.6 Å². The van der Waals surface area contributed by atoms with Gasteiger partial charge in [-0.15, -0.1) is 0 Å². The Morgan fingerprint density at radius 2 is 1.87 bits per heavy atom. The lowest BCUT2D eigenvalue weighted by Gasteiger charge is -2.32. The maximum absolute atomic E-state index is 12.6. The minimum Gasteiger partial charge on any atom is -0.388 e. The fourth-order valence-electron chi connectivity index (χ4n) is 2.30. The van der Waals surface area contributed by atoms with Gasteiger partial charge >= 0.3 is 0 Å². The van der Waals surface area contributed by atoms with Gasteiger partial charge in [-0.2, -0.15) is 5.10 Å². The Labute approximate surface area is 142 Å². The van der Waals surface area contributed by atoms with Gasteiger partial charge < -0.3 is 15.5 Å². The molecule has 1 aliphatic rings. The van der Waals surface area contributed by atoms with E-state index in [1.165, 1.54) is 5.56 Å². The number of nitrogens with zero attached hydrogens (tertiary/aromatic N) is 3. The van der Waals surface area contributed by atoms with E-state index in [1.54, 1.807) is 4.90 Å². The van der Waals surface area contributed by atoms with Crippen LogP contribution in [0.2, 0.25) is 0 Å². The first-order chi connectivity index (χ1) is 10.9. The molecule has 0 radical (unpaired) electrons. The van der Waals surface area contributed by atoms with Crippen molar-refractivity contribution in [1.29, 1.82) is 0 Å². The van der Waals surface area contributed by atoms with Crippen LogP contribution in [-0.4, -0.2) is 59.6 Å². The molecule has 1 amide bonds. The summed E-state index contributed by atoms with van der Waals surface area (Å²) in [6.07, 6.45) is 0. The second-order valence-corrected chi connectivity index (χ2v) is 6.27. The first kappa shape index (κ1) is 17.4. The Morgan fingerprint density at radius 3 is 2.43 bits per heavy atom. The molecule has 1 aromatic carbocycles. The Kier molecular flexibility index (Phi) is 5.68. The maximum Gasteiger partial charge on any atom is 0.277 e. The van der Waals surface area contributed by atoms with Crippen molar-refractivity contribution in [1.82, 2.24) is 9.80 Å². The molecule has 0 atom stereocenters. The molecule has 6 nitrogen and oxygen atoms in total. The minimum atomic E-state index is -0.220. The molecule has 1 heterocycles. The average Bonchev–Trinajstić information content (AvgIpc) is 2.51. The number of hydrogen-bond acceptors (Lipinski definition) is 5. The zero-order valence-corrected chi connectivity index (χ0v) is 14.6. The topological polar surface area (TPSA) is 74.0 Å². The van der Waals surface area contributed by atoms with E-state index < -0.39 is 0 Å². The summed E-state index contributed by atoms with van der Waals surface area (Å²) in [4.78, 5) is 16.5. The van der Waals surface area contributed by atoms with E-state index in [1.807, 2.05) is 39.1 Å². The van der Waals surface area contributed by atoms with E-state index in [0.717, 1.165) is 24.3 Å². The van der Waals surface area contributed by atoms with Crippen LogP contribution in [0, 0.1) is 13.8 Å². The summed E-state index contributed by atoms with van der Waals surface area (Å²) < 4.78 is 0. The molecule has 0 unspecified atom stereocenters. The summed E-state index contributed by atoms with van der Waals surface area (Å²) in [5.41, 5.74) is 11.8. The number of nitrogens with two attached hydrogens (primary N) is 1. The van der Waals surface area contributed by atoms with Crippen LogP contribution in [0.3, 0.4) is 0 Å². The molecular formula is C16H23N5OS. The van der Waals surface area contributed by atoms with Crippen molar-refractivity contribution in [2.24, 2.45) is 10.8 Å². The number of nitrogens with one attached hydrogen (secondary N) is 1. The highest BCUT2D eigenvalue weighted by Gasteiger charge is 2.25. The summed E-state index contributed by atoms with van der Waals surface area (Å²) in [7, 11) is 2.03. The molecule has 23 heavy (non-hydrogen) atoms. The molecule has 124 valence electrons. The molecule has 0 spiro atoms. The molecule has 7 heteroatoms. The molecule has 1 aliphatic heterocycles. The molecule has 0 aliphatic carbocycles. The molecule has 1 aromatic rings. The summed E-state index contributed by atoms with van der Waals surface area (Å²) >= 11 is 5.00. The van der Waals surface area contributed by atoms with Crippen LogP contribution in [0.4, 0.5) is 5.69 Å². The van der Waals surface area contributed by atoms with Gasteiger partial charge in [0.25, 0.3) is 5.91 Å². The van der Waals surface area contributed by atoms with E-state index >= 15 is 0 Å². The van der Waals surface area contributed by atoms with Gasteiger partial charge in [0.15, 0.2) is 5.71 Å². The number of hydrogen-bond donors (Lipinski definition) is 2. The Bertz CT molecular complexity index is 635. The Morgan fingerprint density at radius 1 is 1.22 bits per heavy atom. The van der Waals surface area contributed by atoms with Crippen molar-refractivity contribution < 1.29 is 4.79 Å². The SMILES string of the molecule is Cc1ccc(N/N=C(/C(=O)N2CCN(C)CC2)C(N)=S)cc1C. The normalized spacial score (nSPS) is 16.3. The molecular weight excluding hydrogens is 310 g/mol. The van der Waals surface area contributed by atoms with Crippen molar-refractivity contribution >= 4 is 34.5 Å². The van der Waals surface area contributed by atoms with Gasteiger partial charge in [0.2, 0.25) is 0 Å². The highest BCUT2D eigenvalue weighted by atomic mass is 32.1. The fourth-order valence-corrected chi connectivity index (χ4v) is 2.43. The number of thiocarbonyl (C=S) groups is 1. The van der Waals surface area contributed by atoms with E-state index in [2.05, 4.69) is 15.4 Å². The zero-order valence-electron chi connectivity index (χ0n) is 13.8. The van der Waals surface area contributed by atoms with Crippen LogP contribution >= 0.6 is 12.2 Å². The van der Waals surface area contributed by atoms with Crippen molar-refractivity contribution in [2.45, 2.75) is 13.8 Å². The van der Waals surface area contributed by atoms with Gasteiger partial charge in [-0.25, -0.2) is 0 Å². The summed E-state index contributed by atoms with van der Waals surface area (Å²) in [6.45, 7) is 7.04. The van der Waals surface area contributed by atoms with E-state index in [4.69, 9.17) is 18.0 Å². The molecule has 1 fully saturated rings. The van der Waals surface area contributed by atoms with Gasteiger partial charge in [-0.1, -0.05) is 18.3 Å². The molecule has 0 aromatic heterocycles. The minimum absolute atomic E-state index is 0.00487. The quantitative estimate of drug-likeness (QED) is 0.491. The second kappa shape index (κ2) is 7.52. The van der Waals surface area contributed by atoms with Crippen LogP contribution in [0.1, 0.15) is 11.1 Å². The lowest BCUT2D eigenvalue weighted by atomic mass is 10.1. The van der Waals surface area contributed by atoms with Gasteiger partial charge in [0.1, 0.15) is 4.99 Å². The first-order valence-corrected chi connectivity index (χ1v) is 7.98. The number of rotatable bonds is 4. The number of carbonyl (C=O) groups excluding carboxylic acids is 1. The summed E-state index contributed by atoms with van der Waals surface area (Å²) in [6, 6.07) is 5.87. The molecule has 0 bridgehead atoms. The van der Waals surface area contributed by atoms with Crippen LogP contribution in [0.5, 0.6) is 0 Å². The monoisotopic (exact) mass is 333 g/mol. The third-order valence-corrected chi connectivity index (χ3v) is 4.22. The standard InChI is InChI=1S/C16H23N5OS/c1-11-4-5-13(10-12(11)2)18-19-14(15(17)23)16(22)21-8-6-20(3)7-9-21/h4-5,10,18H,6-9H2,1-3H3,(H2,17,23)/b19-14+. The highest BCUT2D eigenvalue weighted by molar-refractivity contribution is 7.82. The number of benzene rings is 1. The van der Waals surface area contributed by atoms with Crippen LogP contribution in [-0.2, 0) is 4.79 Å². The summed E-state index contributed by atoms with van der Waals surface area (Å²) in [5.74, 6) is -0.220. The number of carbonyl (C=O) groups is 1. The first-order valence-electron chi connectivity index (χ1n) is 7.57. The lowest BCUT2D eigenvalue weighted by molar-refractivity contribution is -0.125. The van der Waals surface area contributed by atoms with Gasteiger partial charge in [-0.05, 0) is 44.2 Å². The zero-order chi connectivity index (χ0) is 17.0. The van der Waals surface area contributed by atoms with Crippen molar-refractivity contribution in [3.63, 3.8) is 0 Å². The number of anilines is 1. The Balaban J connectivity index is 2.12. The lowest BCUT2D eigenvalue weighted by Crippen LogP contribution is -2.51. The second-order valence-electron chi connectivity index (χ2n) is 5.83. The number of amides is 1. The number of piperazine rings is 1. The number of likely N-dealkylation sites (N-methyl/N-ethyl adjacent to an activating group) is 1. The predicted molar refractivity (Wildman–Crippen MR) is 97.8 cm³/mol. The van der Waals surface area contributed by atoms with Gasteiger partial charge in [0, 0.05) is 26.2 Å². The van der Waals surface area contributed by atoms with Gasteiger partial charge in [0.05, 0.1) is 5.69 Å². The average molecular weight is 333 g/mol. The van der Waals surface area contributed by atoms with Crippen LogP contribution < -0.4 is 11.2 Å². The number of aryl methyl sites for hydroxylation is 2. The highest BCUT2D eigenvalue weighted by Crippen LogP contribution is 2.14. The van der Waals surface area contributed by atoms with Crippen molar-refractivity contribution in [2.75, 3.05) is 38.7 Å². The Hall–Kier alpha value is -1.99. The molecule has 2 rings (SSSR count). The molecule has 0 saturated carbocycles. The largest absolute Gasteiger partial charge is 0.388 e. The predicted octanol–water partition coefficient (Wildman–Crippen LogP) is 1.13. The molecule has 1 saturated heterocycles. The van der Waals surface area contributed by atoms with Crippen molar-refractivity contribution in [3.05, 3.63) is 29.3 Å². The van der Waals surface area contributed by atoms with Gasteiger partial charge in [-0.3, -0.25) is 10.2 Å². The van der Waals surface area contributed by atoms with Crippen molar-refractivity contribution in [3.8, 4) is 0 Å². The molecule has 3 N–H and O–H groups in total. The third kappa shape index (κ3) is 4.49.